The Bertz CT molecular complexity index is 1870. The predicted octanol–water partition coefficient (Wildman–Crippen LogP) is 6.10. The number of carbonyl (C=O) groups is 1. The van der Waals surface area contributed by atoms with E-state index in [1.807, 2.05) is 18.2 Å². The summed E-state index contributed by atoms with van der Waals surface area (Å²) in [6.45, 7) is 3.00. The standard InChI is InChI=1S/C32H26ClFN4O5/c1-32(23-8-7-20(33)13-24(23)34)42-27-5-3-4-22(30(27)43-32)19-15-35-28(36-16-19)14-29-37-25-9-6-18(31(39)40-2)12-26(25)38(29)17-21-10-11-41-21/h3-9,12-13,15-16,21H,10-11,14,17H2,1-2H3/t21-,32?/m0/s1. The van der Waals surface area contributed by atoms with Crippen LogP contribution in [0.25, 0.3) is 22.2 Å². The van der Waals surface area contributed by atoms with Crippen LogP contribution < -0.4 is 9.47 Å². The summed E-state index contributed by atoms with van der Waals surface area (Å²) in [7, 11) is 1.36. The Morgan fingerprint density at radius 1 is 1.14 bits per heavy atom. The van der Waals surface area contributed by atoms with Crippen LogP contribution in [0.2, 0.25) is 5.02 Å². The fourth-order valence-corrected chi connectivity index (χ4v) is 5.60. The van der Waals surface area contributed by atoms with Crippen molar-refractivity contribution in [2.45, 2.75) is 38.2 Å². The first-order valence-corrected chi connectivity index (χ1v) is 14.2. The summed E-state index contributed by atoms with van der Waals surface area (Å²) in [6, 6.07) is 15.2. The van der Waals surface area contributed by atoms with E-state index in [1.54, 1.807) is 49.6 Å². The molecule has 4 heterocycles. The molecule has 1 saturated heterocycles. The molecule has 2 atom stereocenters. The minimum Gasteiger partial charge on any atom is -0.465 e. The normalized spacial score (nSPS) is 18.9. The lowest BCUT2D eigenvalue weighted by Crippen LogP contribution is -2.32. The lowest BCUT2D eigenvalue weighted by Gasteiger charge is -2.27. The molecule has 0 saturated carbocycles. The smallest absolute Gasteiger partial charge is 0.337 e. The number of fused-ring (bicyclic) bond motifs is 2. The first-order chi connectivity index (χ1) is 20.8. The maximum Gasteiger partial charge on any atom is 0.337 e. The van der Waals surface area contributed by atoms with Crippen molar-refractivity contribution in [1.82, 2.24) is 19.5 Å². The summed E-state index contributed by atoms with van der Waals surface area (Å²) in [5.74, 6) is -0.00984. The van der Waals surface area contributed by atoms with Crippen molar-refractivity contribution >= 4 is 28.6 Å². The molecule has 1 unspecified atom stereocenters. The zero-order valence-corrected chi connectivity index (χ0v) is 24.1. The number of rotatable bonds is 7. The number of ether oxygens (including phenoxy) is 4. The molecule has 43 heavy (non-hydrogen) atoms. The molecular formula is C32H26ClFN4O5. The Balaban J connectivity index is 1.17. The van der Waals surface area contributed by atoms with Gasteiger partial charge in [0, 0.05) is 42.1 Å². The zero-order chi connectivity index (χ0) is 29.7. The second kappa shape index (κ2) is 10.6. The minimum absolute atomic E-state index is 0.0793. The molecule has 0 bridgehead atoms. The quantitative estimate of drug-likeness (QED) is 0.207. The summed E-state index contributed by atoms with van der Waals surface area (Å²) in [4.78, 5) is 26.3. The van der Waals surface area contributed by atoms with Gasteiger partial charge < -0.3 is 23.5 Å². The van der Waals surface area contributed by atoms with E-state index in [1.165, 1.54) is 13.2 Å². The number of benzene rings is 3. The fraction of sp³-hybridized carbons (Fsp3) is 0.250. The molecule has 2 aliphatic rings. The van der Waals surface area contributed by atoms with E-state index in [9.17, 15) is 9.18 Å². The van der Waals surface area contributed by atoms with Crippen molar-refractivity contribution in [1.29, 1.82) is 0 Å². The molecule has 0 radical (unpaired) electrons. The third-order valence-corrected chi connectivity index (χ3v) is 8.00. The molecule has 0 spiro atoms. The number of halogens is 2. The second-order valence-electron chi connectivity index (χ2n) is 10.6. The number of methoxy groups -OCH3 is 1. The molecule has 5 aromatic rings. The zero-order valence-electron chi connectivity index (χ0n) is 23.3. The van der Waals surface area contributed by atoms with Crippen LogP contribution in [-0.2, 0) is 28.2 Å². The molecule has 0 aliphatic carbocycles. The van der Waals surface area contributed by atoms with Gasteiger partial charge in [0.2, 0.25) is 0 Å². The van der Waals surface area contributed by atoms with Crippen LogP contribution in [0, 0.1) is 5.82 Å². The second-order valence-corrected chi connectivity index (χ2v) is 11.0. The average molecular weight is 601 g/mol. The topological polar surface area (TPSA) is 97.6 Å². The van der Waals surface area contributed by atoms with Gasteiger partial charge >= 0.3 is 5.97 Å². The number of carbonyl (C=O) groups excluding carboxylic acids is 1. The van der Waals surface area contributed by atoms with Gasteiger partial charge in [-0.25, -0.2) is 24.1 Å². The van der Waals surface area contributed by atoms with Crippen LogP contribution in [0.5, 0.6) is 11.5 Å². The Labute approximate surface area is 251 Å². The molecule has 1 fully saturated rings. The molecule has 11 heteroatoms. The van der Waals surface area contributed by atoms with E-state index < -0.39 is 17.6 Å². The highest BCUT2D eigenvalue weighted by atomic mass is 35.5. The molecule has 2 aromatic heterocycles. The third kappa shape index (κ3) is 4.96. The van der Waals surface area contributed by atoms with Crippen LogP contribution in [0.4, 0.5) is 4.39 Å². The summed E-state index contributed by atoms with van der Waals surface area (Å²) < 4.78 is 39.8. The van der Waals surface area contributed by atoms with Crippen molar-refractivity contribution in [3.8, 4) is 22.6 Å². The SMILES string of the molecule is COC(=O)c1ccc2nc(Cc3ncc(-c4cccc5c4OC(C)(c4ccc(Cl)cc4F)O5)cn3)n(C[C@@H]3CCO3)c2c1. The van der Waals surface area contributed by atoms with Crippen LogP contribution >= 0.6 is 11.6 Å². The number of para-hydroxylation sites is 1. The van der Waals surface area contributed by atoms with E-state index in [-0.39, 0.29) is 16.7 Å². The molecule has 0 amide bonds. The highest BCUT2D eigenvalue weighted by molar-refractivity contribution is 6.30. The van der Waals surface area contributed by atoms with E-state index in [2.05, 4.69) is 14.5 Å². The van der Waals surface area contributed by atoms with Crippen molar-refractivity contribution in [2.75, 3.05) is 13.7 Å². The van der Waals surface area contributed by atoms with Crippen LogP contribution in [0.1, 0.15) is 40.9 Å². The molecule has 7 rings (SSSR count). The Hall–Kier alpha value is -4.54. The number of hydrogen-bond acceptors (Lipinski definition) is 8. The van der Waals surface area contributed by atoms with Gasteiger partial charge in [-0.2, -0.15) is 0 Å². The summed E-state index contributed by atoms with van der Waals surface area (Å²) in [5, 5.41) is 0.288. The lowest BCUT2D eigenvalue weighted by molar-refractivity contribution is -0.0705. The number of aromatic nitrogens is 4. The predicted molar refractivity (Wildman–Crippen MR) is 156 cm³/mol. The highest BCUT2D eigenvalue weighted by Gasteiger charge is 2.42. The van der Waals surface area contributed by atoms with Crippen LogP contribution in [0.15, 0.2) is 67.0 Å². The summed E-state index contributed by atoms with van der Waals surface area (Å²) in [5.41, 5.74) is 3.70. The van der Waals surface area contributed by atoms with E-state index in [0.717, 1.165) is 29.9 Å². The summed E-state index contributed by atoms with van der Waals surface area (Å²) in [6.07, 6.45) is 4.85. The van der Waals surface area contributed by atoms with Gasteiger partial charge in [0.05, 0.1) is 48.3 Å². The highest BCUT2D eigenvalue weighted by Crippen LogP contribution is 2.49. The van der Waals surface area contributed by atoms with Crippen molar-refractivity contribution in [3.05, 3.63) is 101 Å². The van der Waals surface area contributed by atoms with Gasteiger partial charge in [-0.05, 0) is 48.9 Å². The van der Waals surface area contributed by atoms with E-state index in [4.69, 9.17) is 35.5 Å². The Morgan fingerprint density at radius 2 is 1.95 bits per heavy atom. The van der Waals surface area contributed by atoms with Gasteiger partial charge in [0.1, 0.15) is 17.5 Å². The molecule has 3 aromatic carbocycles. The summed E-state index contributed by atoms with van der Waals surface area (Å²) >= 11 is 5.95. The number of hydrogen-bond donors (Lipinski definition) is 0. The largest absolute Gasteiger partial charge is 0.465 e. The Kier molecular flexibility index (Phi) is 6.75. The van der Waals surface area contributed by atoms with E-state index >= 15 is 0 Å². The molecule has 0 N–H and O–H groups in total. The third-order valence-electron chi connectivity index (χ3n) is 7.76. The van der Waals surface area contributed by atoms with Crippen molar-refractivity contribution < 1.29 is 28.1 Å². The van der Waals surface area contributed by atoms with Crippen LogP contribution in [0.3, 0.4) is 0 Å². The van der Waals surface area contributed by atoms with Crippen LogP contribution in [-0.4, -0.2) is 45.3 Å². The monoisotopic (exact) mass is 600 g/mol. The average Bonchev–Trinajstić information content (AvgIpc) is 3.51. The number of esters is 1. The van der Waals surface area contributed by atoms with E-state index in [0.29, 0.717) is 47.0 Å². The van der Waals surface area contributed by atoms with Gasteiger partial charge in [-0.3, -0.25) is 0 Å². The van der Waals surface area contributed by atoms with Crippen molar-refractivity contribution in [2.24, 2.45) is 0 Å². The van der Waals surface area contributed by atoms with Gasteiger partial charge in [0.15, 0.2) is 11.5 Å². The van der Waals surface area contributed by atoms with Gasteiger partial charge in [-0.15, -0.1) is 0 Å². The molecule has 2 aliphatic heterocycles. The number of imidazole rings is 1. The molecular weight excluding hydrogens is 575 g/mol. The molecule has 9 nitrogen and oxygen atoms in total. The Morgan fingerprint density at radius 3 is 2.67 bits per heavy atom. The first kappa shape index (κ1) is 27.3. The fourth-order valence-electron chi connectivity index (χ4n) is 5.44. The van der Waals surface area contributed by atoms with Crippen molar-refractivity contribution in [3.63, 3.8) is 0 Å². The van der Waals surface area contributed by atoms with Gasteiger partial charge in [0.25, 0.3) is 5.79 Å². The minimum atomic E-state index is -1.37. The first-order valence-electron chi connectivity index (χ1n) is 13.8. The van der Waals surface area contributed by atoms with Gasteiger partial charge in [-0.1, -0.05) is 23.7 Å². The number of nitrogens with zero attached hydrogens (tertiary/aromatic N) is 4. The maximum absolute atomic E-state index is 14.8. The molecule has 218 valence electrons. The maximum atomic E-state index is 14.8. The lowest BCUT2D eigenvalue weighted by atomic mass is 10.1.